The molecule has 0 aliphatic rings. The highest BCUT2D eigenvalue weighted by Gasteiger charge is 2.16. The topological polar surface area (TPSA) is 117 Å². The summed E-state index contributed by atoms with van der Waals surface area (Å²) in [5, 5.41) is 14.2. The number of H-pyrrole nitrogens is 1. The number of halogens is 1. The van der Waals surface area contributed by atoms with E-state index in [-0.39, 0.29) is 22.2 Å². The van der Waals surface area contributed by atoms with E-state index in [0.29, 0.717) is 12.8 Å². The van der Waals surface area contributed by atoms with Gasteiger partial charge in [0.15, 0.2) is 0 Å². The van der Waals surface area contributed by atoms with Crippen LogP contribution < -0.4 is 16.7 Å². The van der Waals surface area contributed by atoms with Gasteiger partial charge in [-0.05, 0) is 18.6 Å². The van der Waals surface area contributed by atoms with Crippen LogP contribution in [-0.2, 0) is 4.79 Å². The number of rotatable bonds is 6. The van der Waals surface area contributed by atoms with Crippen molar-refractivity contribution in [2.45, 2.75) is 26.2 Å². The molecule has 2 aromatic rings. The quantitative estimate of drug-likeness (QED) is 0.532. The van der Waals surface area contributed by atoms with Crippen LogP contribution in [-0.4, -0.2) is 26.8 Å². The molecule has 0 radical (unpaired) electrons. The molecule has 25 heavy (non-hydrogen) atoms. The number of para-hydroxylation sites is 1. The van der Waals surface area contributed by atoms with Crippen LogP contribution in [0.3, 0.4) is 0 Å². The van der Waals surface area contributed by atoms with Gasteiger partial charge in [-0.1, -0.05) is 37.1 Å². The lowest BCUT2D eigenvalue weighted by Crippen LogP contribution is -2.31. The number of nitrogens with zero attached hydrogens (tertiary/aromatic N) is 2. The normalized spacial score (nSPS) is 11.0. The summed E-state index contributed by atoms with van der Waals surface area (Å²) in [7, 11) is 0. The van der Waals surface area contributed by atoms with Crippen LogP contribution in [0.5, 0.6) is 5.88 Å². The summed E-state index contributed by atoms with van der Waals surface area (Å²) < 4.78 is 0.851. The molecule has 3 N–H and O–H groups in total. The molecule has 0 atom stereocenters. The molecule has 0 aliphatic carbocycles. The van der Waals surface area contributed by atoms with Gasteiger partial charge in [0.05, 0.1) is 16.9 Å². The van der Waals surface area contributed by atoms with Crippen molar-refractivity contribution in [3.63, 3.8) is 0 Å². The van der Waals surface area contributed by atoms with Gasteiger partial charge in [-0.3, -0.25) is 14.6 Å². The Morgan fingerprint density at radius 1 is 1.40 bits per heavy atom. The predicted octanol–water partition coefficient (Wildman–Crippen LogP) is 1.53. The average Bonchev–Trinajstić information content (AvgIpc) is 2.57. The lowest BCUT2D eigenvalue weighted by atomic mass is 10.2. The van der Waals surface area contributed by atoms with Crippen molar-refractivity contribution >= 4 is 23.7 Å². The number of nitrogens with one attached hydrogen (secondary N) is 2. The van der Waals surface area contributed by atoms with Crippen LogP contribution in [0, 0.1) is 0 Å². The van der Waals surface area contributed by atoms with Crippen LogP contribution >= 0.6 is 11.6 Å². The molecule has 0 bridgehead atoms. The minimum absolute atomic E-state index is 0.199. The highest BCUT2D eigenvalue weighted by molar-refractivity contribution is 6.32. The van der Waals surface area contributed by atoms with E-state index < -0.39 is 17.1 Å². The van der Waals surface area contributed by atoms with Crippen LogP contribution in [0.1, 0.15) is 31.7 Å². The van der Waals surface area contributed by atoms with Crippen LogP contribution in [0.4, 0.5) is 0 Å². The number of hydrogen-bond donors (Lipinski definition) is 3. The molecule has 0 fully saturated rings. The monoisotopic (exact) mass is 364 g/mol. The average molecular weight is 365 g/mol. The molecule has 0 aliphatic heterocycles. The molecule has 2 rings (SSSR count). The fourth-order valence-corrected chi connectivity index (χ4v) is 2.29. The predicted molar refractivity (Wildman–Crippen MR) is 94.6 cm³/mol. The third kappa shape index (κ3) is 4.36. The minimum Gasteiger partial charge on any atom is -0.493 e. The van der Waals surface area contributed by atoms with Crippen molar-refractivity contribution in [2.75, 3.05) is 0 Å². The zero-order chi connectivity index (χ0) is 18.4. The summed E-state index contributed by atoms with van der Waals surface area (Å²) in [4.78, 5) is 37.5. The van der Waals surface area contributed by atoms with E-state index >= 15 is 0 Å². The van der Waals surface area contributed by atoms with Gasteiger partial charge >= 0.3 is 5.69 Å². The lowest BCUT2D eigenvalue weighted by molar-refractivity contribution is -0.121. The third-order valence-corrected chi connectivity index (χ3v) is 3.67. The second-order valence-corrected chi connectivity index (χ2v) is 5.59. The molecule has 132 valence electrons. The highest BCUT2D eigenvalue weighted by atomic mass is 35.5. The summed E-state index contributed by atoms with van der Waals surface area (Å²) in [6, 6.07) is 6.33. The van der Waals surface area contributed by atoms with Gasteiger partial charge in [-0.2, -0.15) is 5.10 Å². The number of amides is 1. The molecule has 0 saturated heterocycles. The van der Waals surface area contributed by atoms with Gasteiger partial charge in [0.2, 0.25) is 11.8 Å². The number of carbonyl (C=O) groups is 1. The molecule has 0 unspecified atom stereocenters. The van der Waals surface area contributed by atoms with Crippen molar-refractivity contribution in [3.05, 3.63) is 55.7 Å². The Kier molecular flexibility index (Phi) is 6.13. The standard InChI is InChI=1S/C16H17ClN4O4/c1-2-3-8-13(22)20-18-9-10-14(23)19-16(25)21(15(10)24)12-7-5-4-6-11(12)17/h4-7,9,24H,2-3,8H2,1H3,(H,20,22)(H,19,23,25). The summed E-state index contributed by atoms with van der Waals surface area (Å²) in [6.07, 6.45) is 2.85. The molecular weight excluding hydrogens is 348 g/mol. The first kappa shape index (κ1) is 18.5. The number of aromatic amines is 1. The number of aromatic nitrogens is 2. The van der Waals surface area contributed by atoms with E-state index in [0.717, 1.165) is 17.2 Å². The largest absolute Gasteiger partial charge is 0.493 e. The van der Waals surface area contributed by atoms with E-state index in [1.807, 2.05) is 6.92 Å². The van der Waals surface area contributed by atoms with Gasteiger partial charge < -0.3 is 5.11 Å². The minimum atomic E-state index is -0.847. The fraction of sp³-hybridized carbons (Fsp3) is 0.250. The Morgan fingerprint density at radius 3 is 2.80 bits per heavy atom. The van der Waals surface area contributed by atoms with Crippen molar-refractivity contribution in [1.82, 2.24) is 15.0 Å². The number of unbranched alkanes of at least 4 members (excludes halogenated alkanes) is 1. The van der Waals surface area contributed by atoms with Crippen molar-refractivity contribution in [2.24, 2.45) is 5.10 Å². The van der Waals surface area contributed by atoms with Crippen LogP contribution in [0.2, 0.25) is 5.02 Å². The van der Waals surface area contributed by atoms with Crippen molar-refractivity contribution in [3.8, 4) is 11.6 Å². The molecule has 1 heterocycles. The van der Waals surface area contributed by atoms with Gasteiger partial charge in [-0.15, -0.1) is 0 Å². The summed E-state index contributed by atoms with van der Waals surface area (Å²) in [6.45, 7) is 1.95. The molecule has 9 heteroatoms. The van der Waals surface area contributed by atoms with Crippen LogP contribution in [0.15, 0.2) is 39.0 Å². The summed E-state index contributed by atoms with van der Waals surface area (Å²) >= 11 is 6.04. The van der Waals surface area contributed by atoms with E-state index in [9.17, 15) is 19.5 Å². The number of carbonyl (C=O) groups excluding carboxylic acids is 1. The Balaban J connectivity index is 2.39. The third-order valence-electron chi connectivity index (χ3n) is 3.35. The van der Waals surface area contributed by atoms with Crippen molar-refractivity contribution in [1.29, 1.82) is 0 Å². The fourth-order valence-electron chi connectivity index (χ4n) is 2.07. The molecule has 1 amide bonds. The van der Waals surface area contributed by atoms with Gasteiger partial charge in [0.1, 0.15) is 5.56 Å². The highest BCUT2D eigenvalue weighted by Crippen LogP contribution is 2.22. The molecular formula is C16H17ClN4O4. The second kappa shape index (κ2) is 8.29. The maximum Gasteiger partial charge on any atom is 0.335 e. The van der Waals surface area contributed by atoms with Gasteiger partial charge in [-0.25, -0.2) is 14.8 Å². The Bertz CT molecular complexity index is 917. The molecule has 0 saturated carbocycles. The van der Waals surface area contributed by atoms with Crippen LogP contribution in [0.25, 0.3) is 5.69 Å². The molecule has 1 aromatic heterocycles. The first-order valence-corrected chi connectivity index (χ1v) is 7.98. The molecule has 8 nitrogen and oxygen atoms in total. The Labute approximate surface area is 147 Å². The Morgan fingerprint density at radius 2 is 2.12 bits per heavy atom. The number of hydrazone groups is 1. The van der Waals surface area contributed by atoms with E-state index in [2.05, 4.69) is 15.5 Å². The first-order chi connectivity index (χ1) is 12.0. The van der Waals surface area contributed by atoms with Gasteiger partial charge in [0.25, 0.3) is 5.56 Å². The number of aromatic hydroxyl groups is 1. The van der Waals surface area contributed by atoms with E-state index in [4.69, 9.17) is 11.6 Å². The zero-order valence-electron chi connectivity index (χ0n) is 13.5. The Hall–Kier alpha value is -2.87. The molecule has 0 spiro atoms. The SMILES string of the molecule is CCCCC(=O)NN=Cc1c(O)n(-c2ccccc2Cl)c(=O)[nH]c1=O. The maximum absolute atomic E-state index is 12.0. The molecule has 1 aromatic carbocycles. The lowest BCUT2D eigenvalue weighted by Gasteiger charge is -2.10. The maximum atomic E-state index is 12.0. The zero-order valence-corrected chi connectivity index (χ0v) is 14.2. The first-order valence-electron chi connectivity index (χ1n) is 7.60. The number of hydrogen-bond acceptors (Lipinski definition) is 5. The smallest absolute Gasteiger partial charge is 0.335 e. The second-order valence-electron chi connectivity index (χ2n) is 5.18. The summed E-state index contributed by atoms with van der Waals surface area (Å²) in [5.74, 6) is -0.943. The van der Waals surface area contributed by atoms with Crippen molar-refractivity contribution < 1.29 is 9.90 Å². The van der Waals surface area contributed by atoms with Gasteiger partial charge in [0, 0.05) is 6.42 Å². The van der Waals surface area contributed by atoms with E-state index in [1.165, 1.54) is 12.1 Å². The summed E-state index contributed by atoms with van der Waals surface area (Å²) in [5.41, 5.74) is 0.492. The number of benzene rings is 1. The van der Waals surface area contributed by atoms with E-state index in [1.54, 1.807) is 12.1 Å².